The number of carbonyl (C=O) groups is 2. The number of fused-ring (bicyclic) bond motifs is 1. The lowest BCUT2D eigenvalue weighted by atomic mass is 10.1. The number of nitrogens with zero attached hydrogens (tertiary/aromatic N) is 3. The molecule has 7 heteroatoms. The number of rotatable bonds is 4. The standard InChI is InChI=1S/C23H26N4O3/c1-4-30-23(29)17-6-8-21(24-14-17)26-9-11-27(12-10-26)22(28)20-13-18-16(3)15(2)5-7-19(18)25-20/h5-8,13-14,25H,4,9-12H2,1-3H3. The maximum Gasteiger partial charge on any atom is 0.339 e. The highest BCUT2D eigenvalue weighted by molar-refractivity contribution is 5.99. The van der Waals surface area contributed by atoms with Crippen LogP contribution in [-0.2, 0) is 4.74 Å². The zero-order chi connectivity index (χ0) is 21.3. The number of aryl methyl sites for hydroxylation is 2. The van der Waals surface area contributed by atoms with Crippen LogP contribution in [0.1, 0.15) is 38.9 Å². The third-order valence-electron chi connectivity index (χ3n) is 5.72. The van der Waals surface area contributed by atoms with Crippen molar-refractivity contribution in [1.29, 1.82) is 0 Å². The maximum absolute atomic E-state index is 13.0. The summed E-state index contributed by atoms with van der Waals surface area (Å²) in [5, 5.41) is 1.10. The fraction of sp³-hybridized carbons (Fsp3) is 0.348. The van der Waals surface area contributed by atoms with Gasteiger partial charge in [-0.2, -0.15) is 0 Å². The fourth-order valence-electron chi connectivity index (χ4n) is 3.79. The Bertz CT molecular complexity index is 1080. The summed E-state index contributed by atoms with van der Waals surface area (Å²) in [4.78, 5) is 36.4. The molecular formula is C23H26N4O3. The van der Waals surface area contributed by atoms with Gasteiger partial charge in [0.1, 0.15) is 11.5 Å². The molecule has 3 heterocycles. The Labute approximate surface area is 175 Å². The van der Waals surface area contributed by atoms with Crippen LogP contribution in [0, 0.1) is 13.8 Å². The molecule has 0 saturated carbocycles. The quantitative estimate of drug-likeness (QED) is 0.673. The van der Waals surface area contributed by atoms with Gasteiger partial charge in [-0.15, -0.1) is 0 Å². The third-order valence-corrected chi connectivity index (χ3v) is 5.72. The summed E-state index contributed by atoms with van der Waals surface area (Å²) in [6.45, 7) is 8.89. The number of esters is 1. The number of aromatic nitrogens is 2. The van der Waals surface area contributed by atoms with Gasteiger partial charge in [-0.05, 0) is 56.2 Å². The highest BCUT2D eigenvalue weighted by Gasteiger charge is 2.24. The lowest BCUT2D eigenvalue weighted by molar-refractivity contribution is 0.0525. The molecule has 30 heavy (non-hydrogen) atoms. The minimum atomic E-state index is -0.365. The van der Waals surface area contributed by atoms with Crippen LogP contribution in [0.2, 0.25) is 0 Å². The van der Waals surface area contributed by atoms with Crippen LogP contribution in [-0.4, -0.2) is 59.5 Å². The van der Waals surface area contributed by atoms with E-state index in [2.05, 4.69) is 34.8 Å². The van der Waals surface area contributed by atoms with Crippen LogP contribution >= 0.6 is 0 Å². The van der Waals surface area contributed by atoms with Gasteiger partial charge >= 0.3 is 5.97 Å². The zero-order valence-electron chi connectivity index (χ0n) is 17.6. The molecular weight excluding hydrogens is 380 g/mol. The molecule has 1 aromatic carbocycles. The van der Waals surface area contributed by atoms with Crippen LogP contribution in [0.5, 0.6) is 0 Å². The van der Waals surface area contributed by atoms with E-state index in [1.807, 2.05) is 23.1 Å². The number of amides is 1. The molecule has 2 aromatic heterocycles. The molecule has 0 spiro atoms. The van der Waals surface area contributed by atoms with E-state index in [1.165, 1.54) is 11.1 Å². The van der Waals surface area contributed by atoms with Gasteiger partial charge in [-0.25, -0.2) is 9.78 Å². The Kier molecular flexibility index (Phi) is 5.44. The van der Waals surface area contributed by atoms with Gasteiger partial charge < -0.3 is 19.5 Å². The van der Waals surface area contributed by atoms with E-state index in [0.717, 1.165) is 16.7 Å². The van der Waals surface area contributed by atoms with E-state index >= 15 is 0 Å². The normalized spacial score (nSPS) is 14.2. The molecule has 1 amide bonds. The van der Waals surface area contributed by atoms with E-state index in [4.69, 9.17) is 4.74 Å². The van der Waals surface area contributed by atoms with Gasteiger partial charge in [-0.3, -0.25) is 4.79 Å². The van der Waals surface area contributed by atoms with Crippen LogP contribution < -0.4 is 4.90 Å². The van der Waals surface area contributed by atoms with E-state index in [1.54, 1.807) is 19.2 Å². The first kappa shape index (κ1) is 19.9. The van der Waals surface area contributed by atoms with Gasteiger partial charge in [0.25, 0.3) is 5.91 Å². The second-order valence-electron chi connectivity index (χ2n) is 7.56. The Balaban J connectivity index is 1.41. The number of nitrogens with one attached hydrogen (secondary N) is 1. The molecule has 1 aliphatic heterocycles. The Morgan fingerprint density at radius 1 is 1.10 bits per heavy atom. The minimum absolute atomic E-state index is 0.0218. The first-order valence-electron chi connectivity index (χ1n) is 10.2. The summed E-state index contributed by atoms with van der Waals surface area (Å²) in [6.07, 6.45) is 1.54. The van der Waals surface area contributed by atoms with Gasteiger partial charge in [0.05, 0.1) is 12.2 Å². The second kappa shape index (κ2) is 8.18. The van der Waals surface area contributed by atoms with Crippen molar-refractivity contribution in [2.75, 3.05) is 37.7 Å². The topological polar surface area (TPSA) is 78.5 Å². The fourth-order valence-corrected chi connectivity index (χ4v) is 3.79. The third kappa shape index (κ3) is 3.75. The van der Waals surface area contributed by atoms with Crippen molar-refractivity contribution < 1.29 is 14.3 Å². The number of anilines is 1. The average molecular weight is 406 g/mol. The molecule has 1 aliphatic rings. The SMILES string of the molecule is CCOC(=O)c1ccc(N2CCN(C(=O)c3cc4c(C)c(C)ccc4[nH]3)CC2)nc1. The lowest BCUT2D eigenvalue weighted by Crippen LogP contribution is -2.49. The van der Waals surface area contributed by atoms with Crippen LogP contribution in [0.25, 0.3) is 10.9 Å². The van der Waals surface area contributed by atoms with Crippen molar-refractivity contribution in [2.24, 2.45) is 0 Å². The van der Waals surface area contributed by atoms with E-state index in [-0.39, 0.29) is 11.9 Å². The number of benzene rings is 1. The molecule has 4 rings (SSSR count). The van der Waals surface area contributed by atoms with Crippen molar-refractivity contribution in [3.05, 3.63) is 58.9 Å². The molecule has 1 N–H and O–H groups in total. The van der Waals surface area contributed by atoms with Gasteiger partial charge in [0.2, 0.25) is 0 Å². The highest BCUT2D eigenvalue weighted by atomic mass is 16.5. The number of hydrogen-bond acceptors (Lipinski definition) is 5. The summed E-state index contributed by atoms with van der Waals surface area (Å²) < 4.78 is 4.99. The average Bonchev–Trinajstić information content (AvgIpc) is 3.21. The molecule has 156 valence electrons. The molecule has 3 aromatic rings. The van der Waals surface area contributed by atoms with E-state index in [9.17, 15) is 9.59 Å². The van der Waals surface area contributed by atoms with Crippen molar-refractivity contribution in [1.82, 2.24) is 14.9 Å². The van der Waals surface area contributed by atoms with Crippen molar-refractivity contribution in [2.45, 2.75) is 20.8 Å². The lowest BCUT2D eigenvalue weighted by Gasteiger charge is -2.35. The van der Waals surface area contributed by atoms with Crippen LogP contribution in [0.3, 0.4) is 0 Å². The molecule has 1 fully saturated rings. The van der Waals surface area contributed by atoms with Gasteiger partial charge in [-0.1, -0.05) is 6.07 Å². The number of aromatic amines is 1. The number of H-pyrrole nitrogens is 1. The van der Waals surface area contributed by atoms with Crippen molar-refractivity contribution >= 4 is 28.6 Å². The summed E-state index contributed by atoms with van der Waals surface area (Å²) >= 11 is 0. The zero-order valence-corrected chi connectivity index (χ0v) is 17.6. The van der Waals surface area contributed by atoms with Crippen LogP contribution in [0.15, 0.2) is 36.5 Å². The van der Waals surface area contributed by atoms with Gasteiger partial charge in [0, 0.05) is 43.3 Å². The molecule has 1 saturated heterocycles. The van der Waals surface area contributed by atoms with Crippen molar-refractivity contribution in [3.8, 4) is 0 Å². The molecule has 0 unspecified atom stereocenters. The summed E-state index contributed by atoms with van der Waals surface area (Å²) in [5.74, 6) is 0.455. The smallest absolute Gasteiger partial charge is 0.339 e. The summed E-state index contributed by atoms with van der Waals surface area (Å²) in [7, 11) is 0. The summed E-state index contributed by atoms with van der Waals surface area (Å²) in [5.41, 5.74) is 4.48. The number of pyridine rings is 1. The number of ether oxygens (including phenoxy) is 1. The second-order valence-corrected chi connectivity index (χ2v) is 7.56. The van der Waals surface area contributed by atoms with E-state index in [0.29, 0.717) is 44.0 Å². The Morgan fingerprint density at radius 3 is 2.53 bits per heavy atom. The first-order chi connectivity index (χ1) is 14.5. The molecule has 0 radical (unpaired) electrons. The molecule has 0 bridgehead atoms. The van der Waals surface area contributed by atoms with E-state index < -0.39 is 0 Å². The van der Waals surface area contributed by atoms with Crippen molar-refractivity contribution in [3.63, 3.8) is 0 Å². The largest absolute Gasteiger partial charge is 0.462 e. The summed E-state index contributed by atoms with van der Waals surface area (Å²) in [6, 6.07) is 9.61. The number of piperazine rings is 1. The molecule has 7 nitrogen and oxygen atoms in total. The molecule has 0 atom stereocenters. The minimum Gasteiger partial charge on any atom is -0.462 e. The number of carbonyl (C=O) groups excluding carboxylic acids is 2. The van der Waals surface area contributed by atoms with Gasteiger partial charge in [0.15, 0.2) is 0 Å². The Hall–Kier alpha value is -3.35. The molecule has 0 aliphatic carbocycles. The predicted molar refractivity (Wildman–Crippen MR) is 116 cm³/mol. The highest BCUT2D eigenvalue weighted by Crippen LogP contribution is 2.23. The maximum atomic E-state index is 13.0. The number of hydrogen-bond donors (Lipinski definition) is 1. The predicted octanol–water partition coefficient (Wildman–Crippen LogP) is 3.32. The first-order valence-corrected chi connectivity index (χ1v) is 10.2. The Morgan fingerprint density at radius 2 is 1.87 bits per heavy atom. The van der Waals surface area contributed by atoms with Crippen LogP contribution in [0.4, 0.5) is 5.82 Å². The monoisotopic (exact) mass is 406 g/mol.